The van der Waals surface area contributed by atoms with Gasteiger partial charge in [-0.15, -0.1) is 0 Å². The smallest absolute Gasteiger partial charge is 0.407 e. The number of rotatable bonds is 5. The van der Waals surface area contributed by atoms with Crippen LogP contribution in [0.4, 0.5) is 4.79 Å². The molecule has 2 N–H and O–H groups in total. The molecular weight excluding hydrogens is 312 g/mol. The highest BCUT2D eigenvalue weighted by Gasteiger charge is 2.32. The number of carbonyl (C=O) groups excluding carboxylic acids is 1. The highest BCUT2D eigenvalue weighted by Crippen LogP contribution is 2.22. The second-order valence-electron chi connectivity index (χ2n) is 6.36. The number of carbonyl (C=O) groups is 1. The van der Waals surface area contributed by atoms with Gasteiger partial charge in [-0.05, 0) is 31.2 Å². The fourth-order valence-electron chi connectivity index (χ4n) is 3.10. The quantitative estimate of drug-likeness (QED) is 0.862. The van der Waals surface area contributed by atoms with Gasteiger partial charge in [-0.1, -0.05) is 30.3 Å². The van der Waals surface area contributed by atoms with Gasteiger partial charge in [-0.25, -0.2) is 4.79 Å². The van der Waals surface area contributed by atoms with Crippen molar-refractivity contribution in [3.05, 3.63) is 35.9 Å². The third kappa shape index (κ3) is 5.04. The van der Waals surface area contributed by atoms with Crippen LogP contribution in [0.1, 0.15) is 31.2 Å². The predicted molar refractivity (Wildman–Crippen MR) is 90.6 cm³/mol. The molecule has 1 aromatic carbocycles. The summed E-state index contributed by atoms with van der Waals surface area (Å²) in [7, 11) is -0.606. The minimum atomic E-state index is -0.606. The van der Waals surface area contributed by atoms with Gasteiger partial charge in [0.1, 0.15) is 6.61 Å². The molecule has 0 unspecified atom stereocenters. The average molecular weight is 336 g/mol. The summed E-state index contributed by atoms with van der Waals surface area (Å²) in [5.74, 6) is 1.63. The van der Waals surface area contributed by atoms with Crippen LogP contribution in [0.3, 0.4) is 0 Å². The summed E-state index contributed by atoms with van der Waals surface area (Å²) in [6, 6.07) is 10.8. The molecule has 3 rings (SSSR count). The molecule has 1 saturated heterocycles. The Bertz CT molecular complexity index is 536. The molecule has 0 atom stereocenters. The molecule has 0 radical (unpaired) electrons. The molecule has 1 heterocycles. The van der Waals surface area contributed by atoms with Gasteiger partial charge in [-0.3, -0.25) is 4.21 Å². The van der Waals surface area contributed by atoms with E-state index >= 15 is 0 Å². The first-order valence-electron chi connectivity index (χ1n) is 8.27. The molecule has 2 aliphatic rings. The molecule has 23 heavy (non-hydrogen) atoms. The van der Waals surface area contributed by atoms with Gasteiger partial charge in [0.05, 0.1) is 0 Å². The maximum Gasteiger partial charge on any atom is 0.407 e. The van der Waals surface area contributed by atoms with Gasteiger partial charge < -0.3 is 15.4 Å². The first kappa shape index (κ1) is 16.5. The summed E-state index contributed by atoms with van der Waals surface area (Å²) < 4.78 is 16.6. The number of benzene rings is 1. The van der Waals surface area contributed by atoms with E-state index in [4.69, 9.17) is 4.74 Å². The number of hydrogen-bond donors (Lipinski definition) is 2. The number of nitrogens with one attached hydrogen (secondary N) is 2. The van der Waals surface area contributed by atoms with Crippen molar-refractivity contribution in [1.82, 2.24) is 10.6 Å². The molecular formula is C17H24N2O3S. The highest BCUT2D eigenvalue weighted by molar-refractivity contribution is 7.85. The molecule has 1 aliphatic heterocycles. The summed E-state index contributed by atoms with van der Waals surface area (Å²) in [6.45, 7) is 0.306. The molecule has 1 amide bonds. The van der Waals surface area contributed by atoms with Gasteiger partial charge in [0.25, 0.3) is 0 Å². The second kappa shape index (κ2) is 7.93. The van der Waals surface area contributed by atoms with Crippen molar-refractivity contribution in [2.75, 3.05) is 11.5 Å². The van der Waals surface area contributed by atoms with Crippen LogP contribution in [0.2, 0.25) is 0 Å². The molecule has 5 nitrogen and oxygen atoms in total. The van der Waals surface area contributed by atoms with Crippen molar-refractivity contribution >= 4 is 16.9 Å². The fourth-order valence-corrected chi connectivity index (χ4v) is 4.40. The average Bonchev–Trinajstić information content (AvgIpc) is 2.54. The SMILES string of the molecule is O=C(NC1CC(NC2CCS(=O)CC2)C1)OCc1ccccc1. The van der Waals surface area contributed by atoms with Crippen LogP contribution in [0.5, 0.6) is 0 Å². The maximum absolute atomic E-state index is 11.8. The molecule has 1 aromatic rings. The van der Waals surface area contributed by atoms with Gasteiger partial charge in [0.2, 0.25) is 0 Å². The predicted octanol–water partition coefficient (Wildman–Crippen LogP) is 1.94. The van der Waals surface area contributed by atoms with Crippen molar-refractivity contribution < 1.29 is 13.7 Å². The Hall–Kier alpha value is -1.40. The van der Waals surface area contributed by atoms with Gasteiger partial charge in [0.15, 0.2) is 0 Å². The Morgan fingerprint density at radius 1 is 1.09 bits per heavy atom. The Kier molecular flexibility index (Phi) is 5.67. The minimum absolute atomic E-state index is 0.202. The monoisotopic (exact) mass is 336 g/mol. The van der Waals surface area contributed by atoms with Crippen molar-refractivity contribution in [2.24, 2.45) is 0 Å². The van der Waals surface area contributed by atoms with Crippen LogP contribution in [-0.2, 0) is 22.1 Å². The number of alkyl carbamates (subject to hydrolysis) is 1. The summed E-state index contributed by atoms with van der Waals surface area (Å²) in [5, 5.41) is 6.52. The first-order valence-corrected chi connectivity index (χ1v) is 9.76. The van der Waals surface area contributed by atoms with E-state index in [1.807, 2.05) is 30.3 Å². The molecule has 126 valence electrons. The number of ether oxygens (including phenoxy) is 1. The zero-order valence-corrected chi connectivity index (χ0v) is 14.0. The third-order valence-electron chi connectivity index (χ3n) is 4.53. The Labute approximate surface area is 139 Å². The number of hydrogen-bond acceptors (Lipinski definition) is 4. The van der Waals surface area contributed by atoms with E-state index in [0.29, 0.717) is 18.7 Å². The maximum atomic E-state index is 11.8. The number of amides is 1. The largest absolute Gasteiger partial charge is 0.445 e. The lowest BCUT2D eigenvalue weighted by atomic mass is 9.86. The Morgan fingerprint density at radius 3 is 2.48 bits per heavy atom. The molecule has 0 spiro atoms. The van der Waals surface area contributed by atoms with E-state index in [-0.39, 0.29) is 12.1 Å². The van der Waals surface area contributed by atoms with Crippen LogP contribution >= 0.6 is 0 Å². The minimum Gasteiger partial charge on any atom is -0.445 e. The summed E-state index contributed by atoms with van der Waals surface area (Å²) in [5.41, 5.74) is 0.991. The van der Waals surface area contributed by atoms with Gasteiger partial charge in [-0.2, -0.15) is 0 Å². The lowest BCUT2D eigenvalue weighted by Crippen LogP contribution is -2.55. The summed E-state index contributed by atoms with van der Waals surface area (Å²) in [4.78, 5) is 11.8. The van der Waals surface area contributed by atoms with E-state index in [1.54, 1.807) is 0 Å². The summed E-state index contributed by atoms with van der Waals surface area (Å²) in [6.07, 6.45) is 3.55. The standard InChI is InChI=1S/C17H24N2O3S/c20-17(22-12-13-4-2-1-3-5-13)19-16-10-15(11-16)18-14-6-8-23(21)9-7-14/h1-5,14-16,18H,6-12H2,(H,19,20). The third-order valence-corrected chi connectivity index (χ3v) is 5.91. The van der Waals surface area contributed by atoms with Crippen molar-refractivity contribution in [1.29, 1.82) is 0 Å². The first-order chi connectivity index (χ1) is 11.2. The van der Waals surface area contributed by atoms with Crippen LogP contribution in [-0.4, -0.2) is 39.9 Å². The molecule has 1 aliphatic carbocycles. The highest BCUT2D eigenvalue weighted by atomic mass is 32.2. The molecule has 1 saturated carbocycles. The van der Waals surface area contributed by atoms with Crippen molar-refractivity contribution in [3.8, 4) is 0 Å². The van der Waals surface area contributed by atoms with Crippen LogP contribution in [0.25, 0.3) is 0 Å². The zero-order chi connectivity index (χ0) is 16.1. The lowest BCUT2D eigenvalue weighted by molar-refractivity contribution is 0.124. The van der Waals surface area contributed by atoms with Crippen LogP contribution in [0, 0.1) is 0 Å². The van der Waals surface area contributed by atoms with E-state index in [2.05, 4.69) is 10.6 Å². The molecule has 0 bridgehead atoms. The van der Waals surface area contributed by atoms with Gasteiger partial charge in [0, 0.05) is 40.4 Å². The van der Waals surface area contributed by atoms with E-state index in [0.717, 1.165) is 42.8 Å². The molecule has 0 aromatic heterocycles. The zero-order valence-electron chi connectivity index (χ0n) is 13.2. The second-order valence-corrected chi connectivity index (χ2v) is 8.06. The Balaban J connectivity index is 1.29. The topological polar surface area (TPSA) is 67.4 Å². The Morgan fingerprint density at radius 2 is 1.78 bits per heavy atom. The summed E-state index contributed by atoms with van der Waals surface area (Å²) >= 11 is 0. The van der Waals surface area contributed by atoms with Crippen molar-refractivity contribution in [2.45, 2.75) is 50.4 Å². The van der Waals surface area contributed by atoms with E-state index in [9.17, 15) is 9.00 Å². The van der Waals surface area contributed by atoms with E-state index < -0.39 is 10.8 Å². The fraction of sp³-hybridized carbons (Fsp3) is 0.588. The van der Waals surface area contributed by atoms with Gasteiger partial charge >= 0.3 is 6.09 Å². The normalized spacial score (nSPS) is 30.3. The molecule has 2 fully saturated rings. The van der Waals surface area contributed by atoms with Crippen LogP contribution < -0.4 is 10.6 Å². The molecule has 6 heteroatoms. The van der Waals surface area contributed by atoms with Crippen molar-refractivity contribution in [3.63, 3.8) is 0 Å². The lowest BCUT2D eigenvalue weighted by Gasteiger charge is -2.39. The van der Waals surface area contributed by atoms with E-state index in [1.165, 1.54) is 0 Å². The van der Waals surface area contributed by atoms with Crippen LogP contribution in [0.15, 0.2) is 30.3 Å².